The third kappa shape index (κ3) is 1.32. The topological polar surface area (TPSA) is 72.6 Å². The molecule has 0 radical (unpaired) electrons. The van der Waals surface area contributed by atoms with Crippen LogP contribution in [-0.4, -0.2) is 23.2 Å². The molecule has 1 aliphatic rings. The Morgan fingerprint density at radius 3 is 2.88 bits per heavy atom. The first-order chi connectivity index (χ1) is 8.17. The van der Waals surface area contributed by atoms with E-state index in [1.165, 1.54) is 7.11 Å². The van der Waals surface area contributed by atoms with Gasteiger partial charge in [0.25, 0.3) is 0 Å². The number of rotatable bonds is 3. The fourth-order valence-corrected chi connectivity index (χ4v) is 2.13. The Morgan fingerprint density at radius 2 is 2.29 bits per heavy atom. The molecule has 1 fully saturated rings. The number of hydrogen-bond donors (Lipinski definition) is 1. The van der Waals surface area contributed by atoms with Gasteiger partial charge in [-0.25, -0.2) is 0 Å². The normalized spacial score (nSPS) is 17.0. The van der Waals surface area contributed by atoms with Crippen molar-refractivity contribution in [3.8, 4) is 6.08 Å². The van der Waals surface area contributed by atoms with Gasteiger partial charge in [-0.1, -0.05) is 12.1 Å². The smallest absolute Gasteiger partial charge is 0.394 e. The van der Waals surface area contributed by atoms with Crippen molar-refractivity contribution in [1.82, 2.24) is 4.98 Å². The number of benzene rings is 1. The maximum Gasteiger partial charge on any atom is 0.394 e. The number of hydrogen-bond acceptors (Lipinski definition) is 4. The minimum Gasteiger partial charge on any atom is -0.481 e. The van der Waals surface area contributed by atoms with Crippen molar-refractivity contribution in [3.05, 3.63) is 23.8 Å². The molecule has 88 valence electrons. The van der Waals surface area contributed by atoms with Crippen LogP contribution in [0.1, 0.15) is 18.4 Å². The Balaban J connectivity index is 2.23. The molecule has 0 amide bonds. The molecule has 0 atom stereocenters. The van der Waals surface area contributed by atoms with Crippen LogP contribution in [0.5, 0.6) is 6.08 Å². The van der Waals surface area contributed by atoms with Crippen molar-refractivity contribution in [2.45, 2.75) is 18.3 Å². The summed E-state index contributed by atoms with van der Waals surface area (Å²) in [4.78, 5) is 15.5. The Hall–Kier alpha value is -2.04. The minimum absolute atomic E-state index is 0.161. The van der Waals surface area contributed by atoms with Gasteiger partial charge in [-0.2, -0.15) is 4.98 Å². The second-order valence-electron chi connectivity index (χ2n) is 4.22. The van der Waals surface area contributed by atoms with Crippen LogP contribution >= 0.6 is 0 Å². The van der Waals surface area contributed by atoms with Crippen LogP contribution in [0.3, 0.4) is 0 Å². The van der Waals surface area contributed by atoms with Gasteiger partial charge in [0.1, 0.15) is 5.52 Å². The highest BCUT2D eigenvalue weighted by atomic mass is 16.6. The van der Waals surface area contributed by atoms with Gasteiger partial charge < -0.3 is 14.3 Å². The van der Waals surface area contributed by atoms with E-state index in [0.29, 0.717) is 23.9 Å². The first kappa shape index (κ1) is 10.1. The molecule has 0 spiro atoms. The van der Waals surface area contributed by atoms with E-state index in [-0.39, 0.29) is 6.08 Å². The maximum atomic E-state index is 11.3. The zero-order valence-electron chi connectivity index (χ0n) is 9.27. The lowest BCUT2D eigenvalue weighted by Crippen LogP contribution is -2.19. The van der Waals surface area contributed by atoms with E-state index in [0.717, 1.165) is 5.56 Å². The van der Waals surface area contributed by atoms with Gasteiger partial charge in [-0.05, 0) is 24.5 Å². The van der Waals surface area contributed by atoms with E-state index >= 15 is 0 Å². The van der Waals surface area contributed by atoms with Gasteiger partial charge in [0.2, 0.25) is 0 Å². The van der Waals surface area contributed by atoms with E-state index in [1.807, 2.05) is 0 Å². The lowest BCUT2D eigenvalue weighted by atomic mass is 9.95. The molecule has 0 bridgehead atoms. The van der Waals surface area contributed by atoms with Crippen molar-refractivity contribution >= 4 is 17.1 Å². The molecule has 5 heteroatoms. The zero-order chi connectivity index (χ0) is 12.0. The van der Waals surface area contributed by atoms with Crippen molar-refractivity contribution < 1.29 is 19.1 Å². The largest absolute Gasteiger partial charge is 0.481 e. The number of carboxylic acids is 1. The minimum atomic E-state index is -0.799. The highest BCUT2D eigenvalue weighted by molar-refractivity contribution is 5.91. The second-order valence-corrected chi connectivity index (χ2v) is 4.22. The van der Waals surface area contributed by atoms with E-state index in [9.17, 15) is 9.90 Å². The molecule has 1 N–H and O–H groups in total. The van der Waals surface area contributed by atoms with Gasteiger partial charge >= 0.3 is 12.0 Å². The number of aromatic nitrogens is 1. The number of methoxy groups -OCH3 is 1. The van der Waals surface area contributed by atoms with Crippen molar-refractivity contribution in [2.75, 3.05) is 7.11 Å². The average molecular weight is 233 g/mol. The summed E-state index contributed by atoms with van der Waals surface area (Å²) in [7, 11) is 1.47. The summed E-state index contributed by atoms with van der Waals surface area (Å²) in [6, 6.07) is 5.34. The molecule has 1 saturated carbocycles. The molecule has 1 aromatic carbocycles. The zero-order valence-corrected chi connectivity index (χ0v) is 9.27. The number of nitrogens with zero attached hydrogens (tertiary/aromatic N) is 1. The molecule has 1 heterocycles. The highest BCUT2D eigenvalue weighted by Gasteiger charge is 2.53. The summed E-state index contributed by atoms with van der Waals surface area (Å²) in [5, 5.41) is 9.29. The van der Waals surface area contributed by atoms with Gasteiger partial charge in [0, 0.05) is 0 Å². The third-order valence-electron chi connectivity index (χ3n) is 3.25. The number of fused-ring (bicyclic) bond motifs is 1. The summed E-state index contributed by atoms with van der Waals surface area (Å²) in [6.07, 6.45) is 1.46. The Labute approximate surface area is 97.0 Å². The molecule has 0 aliphatic heterocycles. The molecule has 2 aromatic rings. The van der Waals surface area contributed by atoms with Crippen molar-refractivity contribution in [3.63, 3.8) is 0 Å². The van der Waals surface area contributed by atoms with Crippen molar-refractivity contribution in [2.24, 2.45) is 0 Å². The molecule has 17 heavy (non-hydrogen) atoms. The number of carboxylic acid groups (broad SMARTS) is 1. The van der Waals surface area contributed by atoms with Crippen LogP contribution in [-0.2, 0) is 10.2 Å². The van der Waals surface area contributed by atoms with Crippen LogP contribution < -0.4 is 4.74 Å². The molecule has 3 rings (SSSR count). The Bertz CT molecular complexity index is 598. The molecular weight excluding hydrogens is 222 g/mol. The summed E-state index contributed by atoms with van der Waals surface area (Å²) in [6.45, 7) is 0. The summed E-state index contributed by atoms with van der Waals surface area (Å²) < 4.78 is 10.3. The fourth-order valence-electron chi connectivity index (χ4n) is 2.13. The number of aliphatic carboxylic acids is 1. The van der Waals surface area contributed by atoms with Gasteiger partial charge in [0.15, 0.2) is 5.58 Å². The number of carbonyl (C=O) groups is 1. The quantitative estimate of drug-likeness (QED) is 0.877. The van der Waals surface area contributed by atoms with Crippen LogP contribution in [0, 0.1) is 0 Å². The third-order valence-corrected chi connectivity index (χ3v) is 3.25. The average Bonchev–Trinajstić information content (AvgIpc) is 3.02. The van der Waals surface area contributed by atoms with Crippen LogP contribution in [0.4, 0.5) is 0 Å². The summed E-state index contributed by atoms with van der Waals surface area (Å²) >= 11 is 0. The predicted octanol–water partition coefficient (Wildman–Crippen LogP) is 1.95. The second kappa shape index (κ2) is 3.23. The molecule has 0 saturated heterocycles. The number of ether oxygens (including phenoxy) is 1. The van der Waals surface area contributed by atoms with Crippen LogP contribution in [0.15, 0.2) is 22.6 Å². The fraction of sp³-hybridized carbons (Fsp3) is 0.333. The maximum absolute atomic E-state index is 11.3. The van der Waals surface area contributed by atoms with Crippen LogP contribution in [0.25, 0.3) is 11.1 Å². The molecule has 1 aromatic heterocycles. The SMILES string of the molecule is COc1nc2c(C3(C(=O)O)CC3)cccc2o1. The Kier molecular flexibility index (Phi) is 1.92. The predicted molar refractivity (Wildman–Crippen MR) is 59.1 cm³/mol. The highest BCUT2D eigenvalue weighted by Crippen LogP contribution is 2.50. The van der Waals surface area contributed by atoms with E-state index < -0.39 is 11.4 Å². The molecule has 5 nitrogen and oxygen atoms in total. The first-order valence-electron chi connectivity index (χ1n) is 5.35. The Morgan fingerprint density at radius 1 is 1.53 bits per heavy atom. The standard InChI is InChI=1S/C12H11NO4/c1-16-11-13-9-7(3-2-4-8(9)17-11)12(5-6-12)10(14)15/h2-4H,5-6H2,1H3,(H,14,15). The van der Waals surface area contributed by atoms with E-state index in [4.69, 9.17) is 9.15 Å². The molecular formula is C12H11NO4. The molecule has 1 aliphatic carbocycles. The number of para-hydroxylation sites is 1. The van der Waals surface area contributed by atoms with E-state index in [1.54, 1.807) is 18.2 Å². The summed E-state index contributed by atoms with van der Waals surface area (Å²) in [5.74, 6) is -0.799. The molecule has 0 unspecified atom stereocenters. The lowest BCUT2D eigenvalue weighted by molar-refractivity contribution is -0.140. The van der Waals surface area contributed by atoms with Gasteiger partial charge in [0.05, 0.1) is 12.5 Å². The monoisotopic (exact) mass is 233 g/mol. The van der Waals surface area contributed by atoms with Gasteiger partial charge in [-0.3, -0.25) is 4.79 Å². The lowest BCUT2D eigenvalue weighted by Gasteiger charge is -2.09. The number of oxazole rings is 1. The van der Waals surface area contributed by atoms with Crippen molar-refractivity contribution in [1.29, 1.82) is 0 Å². The summed E-state index contributed by atoms with van der Waals surface area (Å²) in [5.41, 5.74) is 1.09. The first-order valence-corrected chi connectivity index (χ1v) is 5.35. The van der Waals surface area contributed by atoms with Gasteiger partial charge in [-0.15, -0.1) is 0 Å². The van der Waals surface area contributed by atoms with E-state index in [2.05, 4.69) is 4.98 Å². The van der Waals surface area contributed by atoms with Crippen LogP contribution in [0.2, 0.25) is 0 Å².